The van der Waals surface area contributed by atoms with Gasteiger partial charge in [0.15, 0.2) is 11.4 Å². The molecule has 0 bridgehead atoms. The summed E-state index contributed by atoms with van der Waals surface area (Å²) in [5.41, 5.74) is 3.97. The van der Waals surface area contributed by atoms with Crippen molar-refractivity contribution in [1.29, 1.82) is 0 Å². The Morgan fingerprint density at radius 2 is 1.95 bits per heavy atom. The van der Waals surface area contributed by atoms with E-state index in [1.54, 1.807) is 14.2 Å². The van der Waals surface area contributed by atoms with E-state index in [4.69, 9.17) is 9.47 Å². The van der Waals surface area contributed by atoms with Crippen LogP contribution in [0.3, 0.4) is 0 Å². The lowest BCUT2D eigenvalue weighted by Crippen LogP contribution is -1.88. The molecule has 0 aliphatic carbocycles. The molecule has 0 unspecified atom stereocenters. The second-order valence-electron chi connectivity index (χ2n) is 4.61. The number of rotatable bonds is 3. The molecule has 102 valence electrons. The Morgan fingerprint density at radius 1 is 1.10 bits per heavy atom. The Labute approximate surface area is 117 Å². The zero-order valence-electron chi connectivity index (χ0n) is 11.8. The van der Waals surface area contributed by atoms with Gasteiger partial charge in [-0.25, -0.2) is 4.98 Å². The number of hydrogen-bond donors (Lipinski definition) is 0. The third-order valence-electron chi connectivity index (χ3n) is 3.38. The minimum atomic E-state index is 0.768. The van der Waals surface area contributed by atoms with Crippen molar-refractivity contribution >= 4 is 5.65 Å². The van der Waals surface area contributed by atoms with Gasteiger partial charge in [0.2, 0.25) is 0 Å². The summed E-state index contributed by atoms with van der Waals surface area (Å²) in [5.74, 6) is 1.62. The molecule has 1 aromatic carbocycles. The molecule has 4 heteroatoms. The molecular formula is C16H16N2O2. The molecule has 0 spiro atoms. The molecule has 2 aromatic heterocycles. The van der Waals surface area contributed by atoms with E-state index >= 15 is 0 Å². The Morgan fingerprint density at radius 3 is 2.65 bits per heavy atom. The van der Waals surface area contributed by atoms with Gasteiger partial charge in [-0.15, -0.1) is 0 Å². The van der Waals surface area contributed by atoms with Gasteiger partial charge in [0, 0.05) is 18.0 Å². The molecule has 0 atom stereocenters. The number of aryl methyl sites for hydroxylation is 1. The predicted octanol–water partition coefficient (Wildman–Crippen LogP) is 3.33. The summed E-state index contributed by atoms with van der Waals surface area (Å²) >= 11 is 0. The van der Waals surface area contributed by atoms with Crippen LogP contribution < -0.4 is 9.47 Å². The maximum absolute atomic E-state index is 5.34. The highest BCUT2D eigenvalue weighted by Gasteiger charge is 2.10. The van der Waals surface area contributed by atoms with Gasteiger partial charge < -0.3 is 13.9 Å². The molecule has 0 aliphatic heterocycles. The molecule has 0 fully saturated rings. The summed E-state index contributed by atoms with van der Waals surface area (Å²) in [6.45, 7) is 2.05. The molecule has 0 aliphatic rings. The molecule has 0 saturated heterocycles. The fourth-order valence-corrected chi connectivity index (χ4v) is 2.33. The first-order valence-electron chi connectivity index (χ1n) is 6.39. The van der Waals surface area contributed by atoms with Crippen LogP contribution in [-0.2, 0) is 0 Å². The number of imidazole rings is 1. The van der Waals surface area contributed by atoms with Gasteiger partial charge in [-0.3, -0.25) is 0 Å². The highest BCUT2D eigenvalue weighted by Crippen LogP contribution is 2.28. The van der Waals surface area contributed by atoms with E-state index in [0.29, 0.717) is 0 Å². The van der Waals surface area contributed by atoms with Crippen molar-refractivity contribution in [3.05, 3.63) is 48.3 Å². The van der Waals surface area contributed by atoms with E-state index in [1.807, 2.05) is 47.1 Å². The second-order valence-corrected chi connectivity index (χ2v) is 4.61. The maximum Gasteiger partial charge on any atom is 0.180 e. The van der Waals surface area contributed by atoms with Crippen molar-refractivity contribution in [2.24, 2.45) is 0 Å². The molecule has 3 rings (SSSR count). The van der Waals surface area contributed by atoms with Crippen LogP contribution in [0, 0.1) is 6.92 Å². The number of fused-ring (bicyclic) bond motifs is 1. The van der Waals surface area contributed by atoms with Crippen LogP contribution in [-0.4, -0.2) is 23.6 Å². The van der Waals surface area contributed by atoms with E-state index in [-0.39, 0.29) is 0 Å². The van der Waals surface area contributed by atoms with Gasteiger partial charge in [0.05, 0.1) is 19.9 Å². The molecular weight excluding hydrogens is 252 g/mol. The molecule has 0 saturated carbocycles. The Balaban J connectivity index is 2.15. The summed E-state index contributed by atoms with van der Waals surface area (Å²) in [5, 5.41) is 0. The quantitative estimate of drug-likeness (QED) is 0.731. The molecule has 0 N–H and O–H groups in total. The van der Waals surface area contributed by atoms with E-state index in [9.17, 15) is 0 Å². The van der Waals surface area contributed by atoms with E-state index in [2.05, 4.69) is 11.9 Å². The molecule has 4 nitrogen and oxygen atoms in total. The average molecular weight is 268 g/mol. The highest BCUT2D eigenvalue weighted by atomic mass is 16.5. The smallest absolute Gasteiger partial charge is 0.180 e. The first-order valence-corrected chi connectivity index (χ1v) is 6.39. The summed E-state index contributed by atoms with van der Waals surface area (Å²) < 4.78 is 12.5. The normalized spacial score (nSPS) is 10.8. The van der Waals surface area contributed by atoms with Crippen LogP contribution in [0.2, 0.25) is 0 Å². The number of hydrogen-bond acceptors (Lipinski definition) is 3. The van der Waals surface area contributed by atoms with Gasteiger partial charge >= 0.3 is 0 Å². The van der Waals surface area contributed by atoms with E-state index in [0.717, 1.165) is 34.0 Å². The van der Waals surface area contributed by atoms with Gasteiger partial charge in [-0.05, 0) is 42.8 Å². The SMILES string of the molecule is COc1ccc(-c2cn3cccc(OC)c3n2)c(C)c1. The summed E-state index contributed by atoms with van der Waals surface area (Å²) in [6.07, 6.45) is 3.97. The largest absolute Gasteiger partial charge is 0.497 e. The zero-order valence-corrected chi connectivity index (χ0v) is 11.8. The number of benzene rings is 1. The Hall–Kier alpha value is -2.49. The third-order valence-corrected chi connectivity index (χ3v) is 3.38. The lowest BCUT2D eigenvalue weighted by atomic mass is 10.1. The van der Waals surface area contributed by atoms with Crippen molar-refractivity contribution < 1.29 is 9.47 Å². The monoisotopic (exact) mass is 268 g/mol. The Kier molecular flexibility index (Phi) is 3.06. The van der Waals surface area contributed by atoms with Crippen LogP contribution >= 0.6 is 0 Å². The first-order chi connectivity index (χ1) is 9.72. The van der Waals surface area contributed by atoms with Gasteiger partial charge in [0.25, 0.3) is 0 Å². The summed E-state index contributed by atoms with van der Waals surface area (Å²) in [4.78, 5) is 4.67. The molecule has 20 heavy (non-hydrogen) atoms. The average Bonchev–Trinajstić information content (AvgIpc) is 2.90. The van der Waals surface area contributed by atoms with Crippen molar-refractivity contribution in [2.75, 3.05) is 14.2 Å². The number of nitrogens with zero attached hydrogens (tertiary/aromatic N) is 2. The lowest BCUT2D eigenvalue weighted by Gasteiger charge is -2.05. The van der Waals surface area contributed by atoms with Crippen LogP contribution in [0.4, 0.5) is 0 Å². The van der Waals surface area contributed by atoms with Gasteiger partial charge in [0.1, 0.15) is 5.75 Å². The summed E-state index contributed by atoms with van der Waals surface area (Å²) in [6, 6.07) is 9.84. The minimum absolute atomic E-state index is 0.768. The third kappa shape index (κ3) is 1.99. The van der Waals surface area contributed by atoms with Crippen LogP contribution in [0.15, 0.2) is 42.7 Å². The van der Waals surface area contributed by atoms with Gasteiger partial charge in [-0.2, -0.15) is 0 Å². The Bertz CT molecular complexity index is 762. The van der Waals surface area contributed by atoms with Crippen molar-refractivity contribution in [1.82, 2.24) is 9.38 Å². The van der Waals surface area contributed by atoms with Crippen LogP contribution in [0.25, 0.3) is 16.9 Å². The number of methoxy groups -OCH3 is 2. The van der Waals surface area contributed by atoms with E-state index in [1.165, 1.54) is 0 Å². The predicted molar refractivity (Wildman–Crippen MR) is 78.5 cm³/mol. The lowest BCUT2D eigenvalue weighted by molar-refractivity contribution is 0.414. The van der Waals surface area contributed by atoms with Crippen molar-refractivity contribution in [3.8, 4) is 22.8 Å². The van der Waals surface area contributed by atoms with E-state index < -0.39 is 0 Å². The number of pyridine rings is 1. The minimum Gasteiger partial charge on any atom is -0.497 e. The molecule has 0 radical (unpaired) electrons. The molecule has 2 heterocycles. The fourth-order valence-electron chi connectivity index (χ4n) is 2.33. The number of ether oxygens (including phenoxy) is 2. The maximum atomic E-state index is 5.34. The van der Waals surface area contributed by atoms with Crippen LogP contribution in [0.1, 0.15) is 5.56 Å². The second kappa shape index (κ2) is 4.89. The molecule has 0 amide bonds. The summed E-state index contributed by atoms with van der Waals surface area (Å²) in [7, 11) is 3.33. The van der Waals surface area contributed by atoms with Crippen molar-refractivity contribution in [3.63, 3.8) is 0 Å². The fraction of sp³-hybridized carbons (Fsp3) is 0.188. The standard InChI is InChI=1S/C16H16N2O2/c1-11-9-12(19-2)6-7-13(11)14-10-18-8-4-5-15(20-3)16(18)17-14/h4-10H,1-3H3. The van der Waals surface area contributed by atoms with Crippen molar-refractivity contribution in [2.45, 2.75) is 6.92 Å². The zero-order chi connectivity index (χ0) is 14.1. The van der Waals surface area contributed by atoms with Gasteiger partial charge in [-0.1, -0.05) is 0 Å². The topological polar surface area (TPSA) is 35.8 Å². The first kappa shape index (κ1) is 12.5. The van der Waals surface area contributed by atoms with Crippen LogP contribution in [0.5, 0.6) is 11.5 Å². The number of aromatic nitrogens is 2. The highest BCUT2D eigenvalue weighted by molar-refractivity contribution is 5.69. The molecule has 3 aromatic rings.